The summed E-state index contributed by atoms with van der Waals surface area (Å²) >= 11 is 0. The van der Waals surface area contributed by atoms with E-state index in [9.17, 15) is 0 Å². The summed E-state index contributed by atoms with van der Waals surface area (Å²) in [6.07, 6.45) is 3.48. The second-order valence-corrected chi connectivity index (χ2v) is 6.28. The number of hydrogen-bond donors (Lipinski definition) is 1. The minimum Gasteiger partial charge on any atom is -0.367 e. The van der Waals surface area contributed by atoms with Crippen LogP contribution in [0.3, 0.4) is 0 Å². The highest BCUT2D eigenvalue weighted by Gasteiger charge is 2.36. The number of fused-ring (bicyclic) bond motifs is 3. The maximum atomic E-state index is 6.24. The summed E-state index contributed by atoms with van der Waals surface area (Å²) in [5.74, 6) is 0. The summed E-state index contributed by atoms with van der Waals surface area (Å²) in [6.45, 7) is 7.37. The first kappa shape index (κ1) is 17.3. The molecule has 1 aromatic carbocycles. The van der Waals surface area contributed by atoms with Crippen LogP contribution in [0.1, 0.15) is 37.4 Å². The fourth-order valence-corrected chi connectivity index (χ4v) is 3.78. The molecule has 3 nitrogen and oxygen atoms in total. The number of aromatic nitrogens is 1. The van der Waals surface area contributed by atoms with Gasteiger partial charge in [-0.05, 0) is 58.3 Å². The molecule has 0 saturated heterocycles. The fourth-order valence-electron chi connectivity index (χ4n) is 3.78. The van der Waals surface area contributed by atoms with E-state index in [0.29, 0.717) is 0 Å². The number of nitrogens with one attached hydrogen (secondary N) is 1. The Hall–Kier alpha value is -1.03. The quantitative estimate of drug-likeness (QED) is 0.842. The van der Waals surface area contributed by atoms with Crippen molar-refractivity contribution in [2.75, 3.05) is 20.2 Å². The first-order valence-electron chi connectivity index (χ1n) is 8.04. The molecular weight excluding hydrogens is 296 g/mol. The molecule has 0 amide bonds. The zero-order valence-corrected chi connectivity index (χ0v) is 14.6. The second-order valence-electron chi connectivity index (χ2n) is 6.28. The Morgan fingerprint density at radius 3 is 2.82 bits per heavy atom. The van der Waals surface area contributed by atoms with Crippen molar-refractivity contribution >= 4 is 23.3 Å². The van der Waals surface area contributed by atoms with E-state index in [1.807, 2.05) is 7.05 Å². The van der Waals surface area contributed by atoms with Gasteiger partial charge < -0.3 is 14.6 Å². The first-order valence-corrected chi connectivity index (χ1v) is 8.04. The van der Waals surface area contributed by atoms with Gasteiger partial charge in [-0.1, -0.05) is 18.2 Å². The van der Waals surface area contributed by atoms with Crippen LogP contribution in [0.5, 0.6) is 0 Å². The highest BCUT2D eigenvalue weighted by Crippen LogP contribution is 2.40. The molecule has 1 aliphatic heterocycles. The van der Waals surface area contributed by atoms with E-state index in [1.165, 1.54) is 35.0 Å². The number of unbranched alkanes of at least 4 members (excludes halogenated alkanes) is 1. The van der Waals surface area contributed by atoms with Gasteiger partial charge in [-0.3, -0.25) is 0 Å². The Morgan fingerprint density at radius 2 is 2.05 bits per heavy atom. The van der Waals surface area contributed by atoms with Crippen LogP contribution in [0.2, 0.25) is 0 Å². The maximum absolute atomic E-state index is 6.24. The van der Waals surface area contributed by atoms with Crippen LogP contribution in [-0.2, 0) is 16.9 Å². The Kier molecular flexibility index (Phi) is 5.54. The van der Waals surface area contributed by atoms with E-state index in [0.717, 1.165) is 26.1 Å². The van der Waals surface area contributed by atoms with E-state index in [1.54, 1.807) is 0 Å². The van der Waals surface area contributed by atoms with E-state index >= 15 is 0 Å². The Morgan fingerprint density at radius 1 is 1.27 bits per heavy atom. The van der Waals surface area contributed by atoms with E-state index in [2.05, 4.69) is 48.0 Å². The SMILES string of the molecule is CNCCCCC1(C)OCCn2c1c(C)c1ccccc12.Cl. The number of halogens is 1. The predicted molar refractivity (Wildman–Crippen MR) is 95.0 cm³/mol. The highest BCUT2D eigenvalue weighted by molar-refractivity contribution is 5.86. The summed E-state index contributed by atoms with van der Waals surface area (Å²) in [5, 5.41) is 4.60. The van der Waals surface area contributed by atoms with Crippen molar-refractivity contribution in [1.29, 1.82) is 0 Å². The zero-order chi connectivity index (χ0) is 14.9. The number of aryl methyl sites for hydroxylation is 1. The van der Waals surface area contributed by atoms with Crippen molar-refractivity contribution < 1.29 is 4.74 Å². The lowest BCUT2D eigenvalue weighted by Crippen LogP contribution is -2.36. The number of ether oxygens (including phenoxy) is 1. The number of para-hydroxylation sites is 1. The van der Waals surface area contributed by atoms with Gasteiger partial charge in [0.05, 0.1) is 12.3 Å². The van der Waals surface area contributed by atoms with Gasteiger partial charge in [-0.2, -0.15) is 0 Å². The minimum absolute atomic E-state index is 0. The van der Waals surface area contributed by atoms with Crippen molar-refractivity contribution in [3.05, 3.63) is 35.5 Å². The first-order chi connectivity index (χ1) is 10.2. The van der Waals surface area contributed by atoms with Gasteiger partial charge in [0.2, 0.25) is 0 Å². The van der Waals surface area contributed by atoms with Gasteiger partial charge >= 0.3 is 0 Å². The minimum atomic E-state index is -0.144. The molecule has 0 spiro atoms. The summed E-state index contributed by atoms with van der Waals surface area (Å²) in [6, 6.07) is 8.73. The molecule has 1 aliphatic rings. The molecule has 0 aliphatic carbocycles. The number of hydrogen-bond acceptors (Lipinski definition) is 2. The average Bonchev–Trinajstić information content (AvgIpc) is 2.79. The monoisotopic (exact) mass is 322 g/mol. The van der Waals surface area contributed by atoms with Crippen LogP contribution >= 0.6 is 12.4 Å². The summed E-state index contributed by atoms with van der Waals surface area (Å²) in [5.41, 5.74) is 3.99. The van der Waals surface area contributed by atoms with E-state index in [4.69, 9.17) is 4.74 Å². The Bertz CT molecular complexity index is 637. The van der Waals surface area contributed by atoms with Crippen molar-refractivity contribution in [3.8, 4) is 0 Å². The molecule has 0 radical (unpaired) electrons. The molecule has 1 unspecified atom stereocenters. The van der Waals surface area contributed by atoms with Crippen LogP contribution < -0.4 is 5.32 Å². The predicted octanol–water partition coefficient (Wildman–Crippen LogP) is 4.01. The Balaban J connectivity index is 0.00000176. The molecule has 4 heteroatoms. The third kappa shape index (κ3) is 2.90. The van der Waals surface area contributed by atoms with Crippen LogP contribution in [0.25, 0.3) is 10.9 Å². The molecule has 2 heterocycles. The van der Waals surface area contributed by atoms with Crippen molar-refractivity contribution in [2.24, 2.45) is 0 Å². The summed E-state index contributed by atoms with van der Waals surface area (Å²) < 4.78 is 8.72. The van der Waals surface area contributed by atoms with Gasteiger partial charge in [-0.25, -0.2) is 0 Å². The standard InChI is InChI=1S/C18H26N2O.ClH/c1-14-15-8-4-5-9-16(15)20-12-13-21-18(2,17(14)20)10-6-7-11-19-3;/h4-5,8-9,19H,6-7,10-13H2,1-3H3;1H. The number of rotatable bonds is 5. The van der Waals surface area contributed by atoms with Gasteiger partial charge in [-0.15, -0.1) is 12.4 Å². The lowest BCUT2D eigenvalue weighted by Gasteiger charge is -2.36. The fraction of sp³-hybridized carbons (Fsp3) is 0.556. The third-order valence-corrected chi connectivity index (χ3v) is 4.79. The third-order valence-electron chi connectivity index (χ3n) is 4.79. The number of benzene rings is 1. The van der Waals surface area contributed by atoms with Gasteiger partial charge in [0.25, 0.3) is 0 Å². The smallest absolute Gasteiger partial charge is 0.106 e. The molecule has 122 valence electrons. The lowest BCUT2D eigenvalue weighted by atomic mass is 9.91. The summed E-state index contributed by atoms with van der Waals surface area (Å²) in [4.78, 5) is 0. The molecule has 0 fully saturated rings. The van der Waals surface area contributed by atoms with Gasteiger partial charge in [0.15, 0.2) is 0 Å². The van der Waals surface area contributed by atoms with Gasteiger partial charge in [0.1, 0.15) is 5.60 Å². The average molecular weight is 323 g/mol. The van der Waals surface area contributed by atoms with E-state index < -0.39 is 0 Å². The molecule has 0 saturated carbocycles. The molecule has 22 heavy (non-hydrogen) atoms. The van der Waals surface area contributed by atoms with Crippen LogP contribution in [0.4, 0.5) is 0 Å². The van der Waals surface area contributed by atoms with Crippen molar-refractivity contribution in [1.82, 2.24) is 9.88 Å². The van der Waals surface area contributed by atoms with Crippen molar-refractivity contribution in [2.45, 2.75) is 45.3 Å². The molecule has 1 aromatic heterocycles. The topological polar surface area (TPSA) is 26.2 Å². The second kappa shape index (κ2) is 7.03. The molecular formula is C18H27ClN2O. The molecule has 0 bridgehead atoms. The molecule has 2 aromatic rings. The lowest BCUT2D eigenvalue weighted by molar-refractivity contribution is -0.0707. The summed E-state index contributed by atoms with van der Waals surface area (Å²) in [7, 11) is 2.01. The maximum Gasteiger partial charge on any atom is 0.106 e. The van der Waals surface area contributed by atoms with Gasteiger partial charge in [0, 0.05) is 17.4 Å². The largest absolute Gasteiger partial charge is 0.367 e. The van der Waals surface area contributed by atoms with E-state index in [-0.39, 0.29) is 18.0 Å². The molecule has 3 rings (SSSR count). The zero-order valence-electron chi connectivity index (χ0n) is 13.8. The highest BCUT2D eigenvalue weighted by atomic mass is 35.5. The molecule has 1 N–H and O–H groups in total. The Labute approximate surface area is 139 Å². The van der Waals surface area contributed by atoms with Crippen molar-refractivity contribution in [3.63, 3.8) is 0 Å². The molecule has 1 atom stereocenters. The van der Waals surface area contributed by atoms with Crippen LogP contribution in [-0.4, -0.2) is 24.8 Å². The normalized spacial score (nSPS) is 20.7. The number of nitrogens with zero attached hydrogens (tertiary/aromatic N) is 1. The van der Waals surface area contributed by atoms with Crippen LogP contribution in [0.15, 0.2) is 24.3 Å². The van der Waals surface area contributed by atoms with Crippen LogP contribution in [0, 0.1) is 6.92 Å².